The lowest BCUT2D eigenvalue weighted by atomic mass is 9.93. The molecule has 0 unspecified atom stereocenters. The van der Waals surface area contributed by atoms with E-state index in [0.717, 1.165) is 30.2 Å². The SMILES string of the molecule is O=[N+]([O-])c1ccc(Br)cc1CNC1CCC(O)CC1. The minimum Gasteiger partial charge on any atom is -0.393 e. The predicted molar refractivity (Wildman–Crippen MR) is 75.9 cm³/mol. The van der Waals surface area contributed by atoms with E-state index in [1.54, 1.807) is 12.1 Å². The number of nitro benzene ring substituents is 1. The summed E-state index contributed by atoms with van der Waals surface area (Å²) in [6, 6.07) is 5.31. The number of hydrogen-bond donors (Lipinski definition) is 2. The second-order valence-corrected chi connectivity index (χ2v) is 5.83. The van der Waals surface area contributed by atoms with Gasteiger partial charge in [-0.2, -0.15) is 0 Å². The van der Waals surface area contributed by atoms with E-state index in [9.17, 15) is 15.2 Å². The highest BCUT2D eigenvalue weighted by Crippen LogP contribution is 2.24. The fourth-order valence-corrected chi connectivity index (χ4v) is 2.82. The number of rotatable bonds is 4. The number of aliphatic hydroxyl groups excluding tert-OH is 1. The van der Waals surface area contributed by atoms with Crippen molar-refractivity contribution in [2.45, 2.75) is 44.4 Å². The topological polar surface area (TPSA) is 75.4 Å². The summed E-state index contributed by atoms with van der Waals surface area (Å²) in [6.07, 6.45) is 3.26. The average molecular weight is 329 g/mol. The van der Waals surface area contributed by atoms with Crippen LogP contribution in [0.3, 0.4) is 0 Å². The van der Waals surface area contributed by atoms with Gasteiger partial charge >= 0.3 is 0 Å². The molecule has 0 aromatic heterocycles. The second-order valence-electron chi connectivity index (χ2n) is 4.92. The van der Waals surface area contributed by atoms with Crippen LogP contribution in [0.2, 0.25) is 0 Å². The Morgan fingerprint density at radius 2 is 2.05 bits per heavy atom. The van der Waals surface area contributed by atoms with E-state index in [-0.39, 0.29) is 16.7 Å². The summed E-state index contributed by atoms with van der Waals surface area (Å²) in [4.78, 5) is 10.6. The molecule has 19 heavy (non-hydrogen) atoms. The number of benzene rings is 1. The highest BCUT2D eigenvalue weighted by atomic mass is 79.9. The van der Waals surface area contributed by atoms with Crippen LogP contribution >= 0.6 is 15.9 Å². The van der Waals surface area contributed by atoms with Crippen molar-refractivity contribution < 1.29 is 10.0 Å². The molecule has 2 N–H and O–H groups in total. The van der Waals surface area contributed by atoms with Gasteiger partial charge in [0.05, 0.1) is 11.0 Å². The van der Waals surface area contributed by atoms with Crippen LogP contribution < -0.4 is 5.32 Å². The zero-order valence-electron chi connectivity index (χ0n) is 10.5. The van der Waals surface area contributed by atoms with E-state index in [2.05, 4.69) is 21.2 Å². The first-order valence-corrected chi connectivity index (χ1v) is 7.20. The lowest BCUT2D eigenvalue weighted by Gasteiger charge is -2.26. The van der Waals surface area contributed by atoms with Gasteiger partial charge in [-0.1, -0.05) is 15.9 Å². The third-order valence-electron chi connectivity index (χ3n) is 3.52. The molecule has 1 aromatic carbocycles. The largest absolute Gasteiger partial charge is 0.393 e. The van der Waals surface area contributed by atoms with Crippen molar-refractivity contribution in [1.29, 1.82) is 0 Å². The molecule has 5 nitrogen and oxygen atoms in total. The highest BCUT2D eigenvalue weighted by Gasteiger charge is 2.20. The molecule has 1 aliphatic rings. The van der Waals surface area contributed by atoms with Crippen molar-refractivity contribution in [2.75, 3.05) is 0 Å². The molecule has 0 atom stereocenters. The Morgan fingerprint density at radius 1 is 1.37 bits per heavy atom. The van der Waals surface area contributed by atoms with Crippen LogP contribution in [0.5, 0.6) is 0 Å². The molecule has 1 aromatic rings. The molecule has 0 radical (unpaired) electrons. The zero-order chi connectivity index (χ0) is 13.8. The minimum absolute atomic E-state index is 0.145. The second kappa shape index (κ2) is 6.45. The molecule has 104 valence electrons. The number of nitro groups is 1. The summed E-state index contributed by atoms with van der Waals surface area (Å²) in [6.45, 7) is 0.483. The molecule has 1 aliphatic carbocycles. The molecule has 0 spiro atoms. The molecule has 0 heterocycles. The fraction of sp³-hybridized carbons (Fsp3) is 0.538. The Kier molecular flexibility index (Phi) is 4.90. The van der Waals surface area contributed by atoms with Crippen LogP contribution in [0.25, 0.3) is 0 Å². The molecular formula is C13H17BrN2O3. The molecule has 6 heteroatoms. The summed E-state index contributed by atoms with van der Waals surface area (Å²) < 4.78 is 0.842. The van der Waals surface area contributed by atoms with Crippen LogP contribution in [0.15, 0.2) is 22.7 Å². The van der Waals surface area contributed by atoms with Gasteiger partial charge in [-0.15, -0.1) is 0 Å². The molecule has 0 aliphatic heterocycles. The van der Waals surface area contributed by atoms with Crippen molar-refractivity contribution in [2.24, 2.45) is 0 Å². The normalized spacial score (nSPS) is 23.3. The Hall–Kier alpha value is -0.980. The van der Waals surface area contributed by atoms with Gasteiger partial charge in [0.2, 0.25) is 0 Å². The first-order chi connectivity index (χ1) is 9.06. The monoisotopic (exact) mass is 328 g/mol. The number of nitrogens with zero attached hydrogens (tertiary/aromatic N) is 1. The van der Waals surface area contributed by atoms with E-state index >= 15 is 0 Å². The Balaban J connectivity index is 1.98. The van der Waals surface area contributed by atoms with Crippen LogP contribution in [-0.4, -0.2) is 22.2 Å². The predicted octanol–water partition coefficient (Wildman–Crippen LogP) is 2.75. The quantitative estimate of drug-likeness (QED) is 0.658. The van der Waals surface area contributed by atoms with Gasteiger partial charge in [0, 0.05) is 28.7 Å². The van der Waals surface area contributed by atoms with E-state index in [1.165, 1.54) is 6.07 Å². The molecule has 0 amide bonds. The maximum atomic E-state index is 11.0. The van der Waals surface area contributed by atoms with E-state index in [1.807, 2.05) is 0 Å². The van der Waals surface area contributed by atoms with Crippen molar-refractivity contribution in [3.63, 3.8) is 0 Å². The van der Waals surface area contributed by atoms with E-state index < -0.39 is 0 Å². The van der Waals surface area contributed by atoms with Crippen molar-refractivity contribution in [3.05, 3.63) is 38.3 Å². The third-order valence-corrected chi connectivity index (χ3v) is 4.01. The van der Waals surface area contributed by atoms with Gasteiger partial charge in [0.15, 0.2) is 0 Å². The smallest absolute Gasteiger partial charge is 0.273 e. The van der Waals surface area contributed by atoms with Crippen LogP contribution in [-0.2, 0) is 6.54 Å². The minimum atomic E-state index is -0.353. The molecule has 2 rings (SSSR count). The Bertz CT molecular complexity index is 459. The Labute approximate surface area is 120 Å². The molecule has 1 saturated carbocycles. The number of hydrogen-bond acceptors (Lipinski definition) is 4. The number of aliphatic hydroxyl groups is 1. The number of halogens is 1. The fourth-order valence-electron chi connectivity index (χ4n) is 2.41. The first kappa shape index (κ1) is 14.4. The lowest BCUT2D eigenvalue weighted by molar-refractivity contribution is -0.385. The summed E-state index contributed by atoms with van der Waals surface area (Å²) in [5.41, 5.74) is 0.831. The molecule has 0 bridgehead atoms. The maximum absolute atomic E-state index is 11.0. The van der Waals surface area contributed by atoms with Crippen molar-refractivity contribution >= 4 is 21.6 Å². The average Bonchev–Trinajstić information content (AvgIpc) is 2.38. The van der Waals surface area contributed by atoms with Gasteiger partial charge < -0.3 is 10.4 Å². The zero-order valence-corrected chi connectivity index (χ0v) is 12.1. The first-order valence-electron chi connectivity index (χ1n) is 6.40. The molecule has 0 saturated heterocycles. The summed E-state index contributed by atoms with van der Waals surface area (Å²) >= 11 is 3.34. The van der Waals surface area contributed by atoms with Crippen LogP contribution in [0.4, 0.5) is 5.69 Å². The van der Waals surface area contributed by atoms with Crippen molar-refractivity contribution in [3.8, 4) is 0 Å². The molecule has 1 fully saturated rings. The van der Waals surface area contributed by atoms with Crippen molar-refractivity contribution in [1.82, 2.24) is 5.32 Å². The summed E-state index contributed by atoms with van der Waals surface area (Å²) in [5, 5.41) is 23.7. The van der Waals surface area contributed by atoms with E-state index in [0.29, 0.717) is 18.2 Å². The summed E-state index contributed by atoms with van der Waals surface area (Å²) in [5.74, 6) is 0. The number of nitrogens with one attached hydrogen (secondary N) is 1. The van der Waals surface area contributed by atoms with E-state index in [4.69, 9.17) is 0 Å². The van der Waals surface area contributed by atoms with Crippen LogP contribution in [0.1, 0.15) is 31.2 Å². The standard InChI is InChI=1S/C13H17BrN2O3/c14-10-1-6-13(16(18)19)9(7-10)8-15-11-2-4-12(17)5-3-11/h1,6-7,11-12,15,17H,2-5,8H2. The maximum Gasteiger partial charge on any atom is 0.273 e. The van der Waals surface area contributed by atoms with Crippen LogP contribution in [0, 0.1) is 10.1 Å². The lowest BCUT2D eigenvalue weighted by Crippen LogP contribution is -2.34. The summed E-state index contributed by atoms with van der Waals surface area (Å²) in [7, 11) is 0. The van der Waals surface area contributed by atoms with Gasteiger partial charge in [-0.05, 0) is 37.8 Å². The van der Waals surface area contributed by atoms with Gasteiger partial charge in [-0.3, -0.25) is 10.1 Å². The Morgan fingerprint density at radius 3 is 2.68 bits per heavy atom. The van der Waals surface area contributed by atoms with Gasteiger partial charge in [0.1, 0.15) is 0 Å². The van der Waals surface area contributed by atoms with Gasteiger partial charge in [0.25, 0.3) is 5.69 Å². The highest BCUT2D eigenvalue weighted by molar-refractivity contribution is 9.10. The van der Waals surface area contributed by atoms with Gasteiger partial charge in [-0.25, -0.2) is 0 Å². The molecular weight excluding hydrogens is 312 g/mol. The third kappa shape index (κ3) is 3.99.